The molecule has 0 saturated heterocycles. The standard InChI is InChI=1S/C22H20F10N6O2/c1-3-37(19(39)36-16(21(27,28)29)4-5-20(24,25)26)17(22(30,31)32)14-7-12(15(40-2)8-33-14)11-6-13(23)18-34-10-35-38(18)9-11/h6-10,16-17H,3-5H2,1-2H3,(H,36,39)/t16?,17-/m0/s1. The van der Waals surface area contributed by atoms with Gasteiger partial charge in [-0.05, 0) is 25.5 Å². The van der Waals surface area contributed by atoms with E-state index in [1.165, 1.54) is 11.5 Å². The Balaban J connectivity index is 2.04. The molecule has 2 atom stereocenters. The lowest BCUT2D eigenvalue weighted by molar-refractivity contribution is -0.182. The maximum absolute atomic E-state index is 14.5. The molecule has 18 heteroatoms. The lowest BCUT2D eigenvalue weighted by atomic mass is 10.0. The number of methoxy groups -OCH3 is 1. The molecule has 8 nitrogen and oxygen atoms in total. The lowest BCUT2D eigenvalue weighted by Gasteiger charge is -2.34. The normalized spacial score (nSPS) is 14.2. The average Bonchev–Trinajstić information content (AvgIpc) is 3.32. The van der Waals surface area contributed by atoms with Gasteiger partial charge in [-0.15, -0.1) is 0 Å². The van der Waals surface area contributed by atoms with Gasteiger partial charge >= 0.3 is 24.6 Å². The first-order valence-electron chi connectivity index (χ1n) is 11.3. The van der Waals surface area contributed by atoms with Gasteiger partial charge in [-0.3, -0.25) is 4.98 Å². The van der Waals surface area contributed by atoms with E-state index in [0.29, 0.717) is 0 Å². The van der Waals surface area contributed by atoms with E-state index >= 15 is 0 Å². The summed E-state index contributed by atoms with van der Waals surface area (Å²) in [7, 11) is 1.15. The first kappa shape index (κ1) is 30.7. The molecule has 0 radical (unpaired) electrons. The van der Waals surface area contributed by atoms with Crippen LogP contribution in [-0.2, 0) is 0 Å². The second kappa shape index (κ2) is 11.3. The molecule has 40 heavy (non-hydrogen) atoms. The minimum atomic E-state index is -5.39. The summed E-state index contributed by atoms with van der Waals surface area (Å²) in [5, 5.41) is 5.00. The number of nitrogens with one attached hydrogen (secondary N) is 1. The van der Waals surface area contributed by atoms with Crippen LogP contribution in [0.4, 0.5) is 48.7 Å². The molecule has 0 aliphatic rings. The smallest absolute Gasteiger partial charge is 0.414 e. The number of pyridine rings is 2. The fraction of sp³-hybridized carbons (Fsp3) is 0.455. The number of alkyl halides is 9. The maximum Gasteiger partial charge on any atom is 0.414 e. The van der Waals surface area contributed by atoms with Crippen molar-refractivity contribution < 1.29 is 53.4 Å². The number of hydrogen-bond acceptors (Lipinski definition) is 5. The molecule has 0 saturated carbocycles. The van der Waals surface area contributed by atoms with E-state index in [9.17, 15) is 48.7 Å². The molecule has 2 amide bonds. The molecule has 0 aliphatic heterocycles. The number of ether oxygens (including phenoxy) is 1. The van der Waals surface area contributed by atoms with E-state index in [2.05, 4.69) is 15.1 Å². The zero-order valence-corrected chi connectivity index (χ0v) is 20.5. The largest absolute Gasteiger partial charge is 0.494 e. The van der Waals surface area contributed by atoms with Crippen LogP contribution < -0.4 is 10.1 Å². The SMILES string of the molecule is CCN(C(=O)NC(CCC(F)(F)F)C(F)(F)F)[C@@H](c1cc(-c2cc(F)c3ncnn3c2)c(OC)cn1)C(F)(F)F. The van der Waals surface area contributed by atoms with Gasteiger partial charge in [0.25, 0.3) is 0 Å². The summed E-state index contributed by atoms with van der Waals surface area (Å²) in [5.41, 5.74) is -1.27. The van der Waals surface area contributed by atoms with Crippen molar-refractivity contribution in [3.8, 4) is 16.9 Å². The number of aromatic nitrogens is 4. The van der Waals surface area contributed by atoms with Gasteiger partial charge in [0, 0.05) is 30.3 Å². The minimum Gasteiger partial charge on any atom is -0.494 e. The highest BCUT2D eigenvalue weighted by Crippen LogP contribution is 2.40. The zero-order valence-electron chi connectivity index (χ0n) is 20.5. The summed E-state index contributed by atoms with van der Waals surface area (Å²) in [6.45, 7) is 0.206. The molecule has 3 heterocycles. The van der Waals surface area contributed by atoms with Crippen molar-refractivity contribution >= 4 is 11.7 Å². The Hall–Kier alpha value is -3.86. The molecule has 0 fully saturated rings. The third-order valence-corrected chi connectivity index (χ3v) is 5.66. The molecular weight excluding hydrogens is 570 g/mol. The summed E-state index contributed by atoms with van der Waals surface area (Å²) in [6, 6.07) is -6.23. The van der Waals surface area contributed by atoms with Crippen LogP contribution in [0.25, 0.3) is 16.8 Å². The molecule has 0 bridgehead atoms. The van der Waals surface area contributed by atoms with Crippen molar-refractivity contribution in [2.24, 2.45) is 0 Å². The average molecular weight is 590 g/mol. The highest BCUT2D eigenvalue weighted by Gasteiger charge is 2.49. The van der Waals surface area contributed by atoms with Crippen molar-refractivity contribution in [3.63, 3.8) is 0 Å². The van der Waals surface area contributed by atoms with Gasteiger partial charge in [0.05, 0.1) is 19.0 Å². The van der Waals surface area contributed by atoms with Crippen molar-refractivity contribution in [2.45, 2.75) is 50.4 Å². The van der Waals surface area contributed by atoms with Crippen molar-refractivity contribution in [1.29, 1.82) is 0 Å². The lowest BCUT2D eigenvalue weighted by Crippen LogP contribution is -2.53. The van der Waals surface area contributed by atoms with Crippen LogP contribution in [-0.4, -0.2) is 68.7 Å². The van der Waals surface area contributed by atoms with Gasteiger partial charge in [0.1, 0.15) is 18.1 Å². The molecule has 3 rings (SSSR count). The minimum absolute atomic E-state index is 0.0475. The van der Waals surface area contributed by atoms with Gasteiger partial charge in [0.15, 0.2) is 17.5 Å². The number of urea groups is 1. The van der Waals surface area contributed by atoms with Crippen molar-refractivity contribution in [3.05, 3.63) is 42.4 Å². The van der Waals surface area contributed by atoms with Gasteiger partial charge < -0.3 is 15.0 Å². The second-order valence-electron chi connectivity index (χ2n) is 8.34. The fourth-order valence-corrected chi connectivity index (χ4v) is 3.83. The van der Waals surface area contributed by atoms with Crippen LogP contribution in [0.1, 0.15) is 31.5 Å². The van der Waals surface area contributed by atoms with Gasteiger partial charge in [-0.25, -0.2) is 18.7 Å². The molecule has 1 unspecified atom stereocenters. The first-order valence-corrected chi connectivity index (χ1v) is 11.3. The van der Waals surface area contributed by atoms with E-state index in [0.717, 1.165) is 43.2 Å². The Kier molecular flexibility index (Phi) is 8.69. The Morgan fingerprint density at radius 3 is 2.30 bits per heavy atom. The fourth-order valence-electron chi connectivity index (χ4n) is 3.83. The molecule has 3 aromatic heterocycles. The van der Waals surface area contributed by atoms with E-state index in [-0.39, 0.29) is 27.4 Å². The molecule has 3 aromatic rings. The number of nitrogens with zero attached hydrogens (tertiary/aromatic N) is 5. The van der Waals surface area contributed by atoms with Crippen LogP contribution in [0.15, 0.2) is 30.9 Å². The monoisotopic (exact) mass is 590 g/mol. The summed E-state index contributed by atoms with van der Waals surface area (Å²) >= 11 is 0. The summed E-state index contributed by atoms with van der Waals surface area (Å²) in [5.74, 6) is -1.02. The molecular formula is C22H20F10N6O2. The van der Waals surface area contributed by atoms with Crippen molar-refractivity contribution in [1.82, 2.24) is 29.8 Å². The Morgan fingerprint density at radius 1 is 1.07 bits per heavy atom. The summed E-state index contributed by atoms with van der Waals surface area (Å²) < 4.78 is 141. The van der Waals surface area contributed by atoms with Gasteiger partial charge in [-0.2, -0.15) is 44.6 Å². The molecule has 0 aromatic carbocycles. The summed E-state index contributed by atoms with van der Waals surface area (Å²) in [6.07, 6.45) is -16.2. The van der Waals surface area contributed by atoms with Gasteiger partial charge in [-0.1, -0.05) is 0 Å². The number of carbonyl (C=O) groups is 1. The van der Waals surface area contributed by atoms with E-state index < -0.39 is 67.5 Å². The van der Waals surface area contributed by atoms with E-state index in [1.54, 1.807) is 0 Å². The highest BCUT2D eigenvalue weighted by molar-refractivity contribution is 5.76. The first-order chi connectivity index (χ1) is 18.5. The predicted octanol–water partition coefficient (Wildman–Crippen LogP) is 5.85. The Labute approximate surface area is 218 Å². The van der Waals surface area contributed by atoms with E-state index in [1.807, 2.05) is 0 Å². The highest BCUT2D eigenvalue weighted by atomic mass is 19.4. The number of hydrogen-bond donors (Lipinski definition) is 1. The predicted molar refractivity (Wildman–Crippen MR) is 118 cm³/mol. The molecule has 0 spiro atoms. The molecule has 0 aliphatic carbocycles. The van der Waals surface area contributed by atoms with Gasteiger partial charge in [0.2, 0.25) is 0 Å². The molecule has 1 N–H and O–H groups in total. The topological polar surface area (TPSA) is 84.7 Å². The number of fused-ring (bicyclic) bond motifs is 1. The molecule has 220 valence electrons. The van der Waals surface area contributed by atoms with Crippen LogP contribution >= 0.6 is 0 Å². The van der Waals surface area contributed by atoms with Crippen LogP contribution in [0, 0.1) is 5.82 Å². The van der Waals surface area contributed by atoms with E-state index in [4.69, 9.17) is 4.74 Å². The number of amides is 2. The third kappa shape index (κ3) is 7.01. The van der Waals surface area contributed by atoms with Crippen LogP contribution in [0.3, 0.4) is 0 Å². The Morgan fingerprint density at radius 2 is 1.75 bits per heavy atom. The summed E-state index contributed by atoms with van der Waals surface area (Å²) in [4.78, 5) is 20.0. The number of carbonyl (C=O) groups excluding carboxylic acids is 1. The van der Waals surface area contributed by atoms with Crippen molar-refractivity contribution in [2.75, 3.05) is 13.7 Å². The van der Waals surface area contributed by atoms with Crippen LogP contribution in [0.2, 0.25) is 0 Å². The Bertz CT molecular complexity index is 1340. The quantitative estimate of drug-likeness (QED) is 0.333. The zero-order chi connectivity index (χ0) is 30.0. The number of rotatable bonds is 8. The van der Waals surface area contributed by atoms with Crippen LogP contribution in [0.5, 0.6) is 5.75 Å². The number of halogens is 10. The maximum atomic E-state index is 14.5. The second-order valence-corrected chi connectivity index (χ2v) is 8.34. The third-order valence-electron chi connectivity index (χ3n) is 5.66.